The lowest BCUT2D eigenvalue weighted by Crippen LogP contribution is -2.46. The van der Waals surface area contributed by atoms with Gasteiger partial charge in [-0.3, -0.25) is 9.89 Å². The molecule has 1 aliphatic heterocycles. The van der Waals surface area contributed by atoms with Crippen molar-refractivity contribution in [1.82, 2.24) is 20.4 Å². The number of fused-ring (bicyclic) bond motifs is 2. The molecule has 2 aliphatic carbocycles. The number of H-pyrrole nitrogens is 1. The molecule has 168 valence electrons. The van der Waals surface area contributed by atoms with Crippen molar-refractivity contribution in [3.8, 4) is 0 Å². The first-order valence-electron chi connectivity index (χ1n) is 11.9. The summed E-state index contributed by atoms with van der Waals surface area (Å²) in [6.07, 6.45) is 10.1. The van der Waals surface area contributed by atoms with E-state index < -0.39 is 0 Å². The molecule has 0 bridgehead atoms. The van der Waals surface area contributed by atoms with Crippen LogP contribution >= 0.6 is 0 Å². The molecule has 5 nitrogen and oxygen atoms in total. The Bertz CT molecular complexity index is 793. The van der Waals surface area contributed by atoms with Gasteiger partial charge in [0.05, 0.1) is 17.3 Å². The van der Waals surface area contributed by atoms with Crippen LogP contribution in [0.3, 0.4) is 0 Å². The predicted octanol–water partition coefficient (Wildman–Crippen LogP) is 4.59. The van der Waals surface area contributed by atoms with Crippen LogP contribution in [0.2, 0.25) is 0 Å². The molecule has 4 rings (SSSR count). The Hall–Kier alpha value is -1.62. The van der Waals surface area contributed by atoms with Crippen molar-refractivity contribution in [2.75, 3.05) is 7.05 Å². The van der Waals surface area contributed by atoms with Crippen LogP contribution in [-0.2, 0) is 23.2 Å². The molecule has 4 atom stereocenters. The Morgan fingerprint density at radius 3 is 2.60 bits per heavy atom. The molecule has 1 aromatic rings. The van der Waals surface area contributed by atoms with Crippen LogP contribution in [-0.4, -0.2) is 40.1 Å². The summed E-state index contributed by atoms with van der Waals surface area (Å²) in [5.41, 5.74) is 4.27. The molecule has 0 saturated carbocycles. The topological polar surface area (TPSA) is 61.0 Å². The van der Waals surface area contributed by atoms with Gasteiger partial charge in [-0.25, -0.2) is 0 Å². The quantitative estimate of drug-likeness (QED) is 0.711. The Labute approximate surface area is 183 Å². The first-order chi connectivity index (χ1) is 14.1. The monoisotopic (exact) mass is 414 g/mol. The number of aromatic amines is 1. The van der Waals surface area contributed by atoms with Crippen molar-refractivity contribution in [2.24, 2.45) is 17.3 Å². The lowest BCUT2D eigenvalue weighted by atomic mass is 9.74. The van der Waals surface area contributed by atoms with Gasteiger partial charge in [-0.15, -0.1) is 0 Å². The number of aromatic nitrogens is 2. The number of carbonyl (C=O) groups is 1. The maximum atomic E-state index is 12.4. The summed E-state index contributed by atoms with van der Waals surface area (Å²) in [4.78, 5) is 14.3. The zero-order chi connectivity index (χ0) is 22.3. The lowest BCUT2D eigenvalue weighted by Gasteiger charge is -2.34. The summed E-state index contributed by atoms with van der Waals surface area (Å²) in [6.45, 7) is 15.0. The highest BCUT2D eigenvalue weighted by Crippen LogP contribution is 2.44. The molecule has 3 aliphatic rings. The van der Waals surface area contributed by atoms with Gasteiger partial charge in [0.25, 0.3) is 0 Å². The summed E-state index contributed by atoms with van der Waals surface area (Å²) in [7, 11) is 1.94. The number of likely N-dealkylation sites (N-methyl/N-ethyl adjacent to an activating group) is 1. The largest absolute Gasteiger partial charge is 0.339 e. The number of carbonyl (C=O) groups excluding carboxylic acids is 1. The van der Waals surface area contributed by atoms with Gasteiger partial charge in [-0.05, 0) is 55.9 Å². The molecule has 30 heavy (non-hydrogen) atoms. The van der Waals surface area contributed by atoms with Gasteiger partial charge in [0.15, 0.2) is 0 Å². The smallest absolute Gasteiger partial charge is 0.225 e. The standard InChI is InChI=1S/C23H36N4O.C2H6/c1-14(2)21(28)27(6)16-8-7-15-12-23(5,24-18(15)11-16)20-17-9-10-22(3,4)13-19(17)25-26-20;1-2/h7-8,14-16,18,24H,9-13H2,1-6H3,(H,25,26);1-2H3/t15?,16?,18?,23-;/m1./s1. The van der Waals surface area contributed by atoms with Crippen LogP contribution in [0.25, 0.3) is 0 Å². The van der Waals surface area contributed by atoms with E-state index >= 15 is 0 Å². The van der Waals surface area contributed by atoms with E-state index in [0.29, 0.717) is 17.4 Å². The number of rotatable bonds is 3. The third kappa shape index (κ3) is 4.23. The molecule has 3 unspecified atom stereocenters. The minimum absolute atomic E-state index is 0.0396. The number of hydrogen-bond acceptors (Lipinski definition) is 3. The molecule has 2 N–H and O–H groups in total. The Morgan fingerprint density at radius 1 is 1.23 bits per heavy atom. The van der Waals surface area contributed by atoms with Gasteiger partial charge in [0.1, 0.15) is 0 Å². The van der Waals surface area contributed by atoms with Gasteiger partial charge in [-0.1, -0.05) is 53.7 Å². The second-order valence-electron chi connectivity index (χ2n) is 10.6. The first kappa shape index (κ1) is 23.1. The normalized spacial score (nSPS) is 31.6. The van der Waals surface area contributed by atoms with E-state index in [4.69, 9.17) is 5.10 Å². The van der Waals surface area contributed by atoms with E-state index in [0.717, 1.165) is 25.7 Å². The molecular formula is C25H42N4O. The minimum atomic E-state index is -0.0965. The van der Waals surface area contributed by atoms with E-state index in [2.05, 4.69) is 43.3 Å². The van der Waals surface area contributed by atoms with Crippen LogP contribution in [0, 0.1) is 17.3 Å². The zero-order valence-electron chi connectivity index (χ0n) is 20.3. The van der Waals surface area contributed by atoms with Gasteiger partial charge in [0, 0.05) is 24.7 Å². The van der Waals surface area contributed by atoms with Crippen molar-refractivity contribution in [3.63, 3.8) is 0 Å². The SMILES string of the molecule is CC.CC(C)C(=O)N(C)C1C=CC2C[C@](C)(c3n[nH]c4c3CCC(C)(C)C4)NC2C1. The van der Waals surface area contributed by atoms with Crippen LogP contribution < -0.4 is 5.32 Å². The second kappa shape index (κ2) is 8.49. The van der Waals surface area contributed by atoms with Crippen molar-refractivity contribution in [3.05, 3.63) is 29.1 Å². The van der Waals surface area contributed by atoms with Gasteiger partial charge in [0.2, 0.25) is 5.91 Å². The number of amides is 1. The van der Waals surface area contributed by atoms with Crippen LogP contribution in [0.5, 0.6) is 0 Å². The average Bonchev–Trinajstić information content (AvgIpc) is 3.27. The summed E-state index contributed by atoms with van der Waals surface area (Å²) >= 11 is 0. The van der Waals surface area contributed by atoms with E-state index in [1.54, 1.807) is 0 Å². The highest BCUT2D eigenvalue weighted by molar-refractivity contribution is 5.78. The van der Waals surface area contributed by atoms with E-state index in [9.17, 15) is 4.79 Å². The second-order valence-corrected chi connectivity index (χ2v) is 10.6. The molecule has 2 heterocycles. The van der Waals surface area contributed by atoms with Crippen molar-refractivity contribution in [1.29, 1.82) is 0 Å². The summed E-state index contributed by atoms with van der Waals surface area (Å²) in [5.74, 6) is 0.770. The third-order valence-electron chi connectivity index (χ3n) is 7.26. The lowest BCUT2D eigenvalue weighted by molar-refractivity contribution is -0.134. The molecular weight excluding hydrogens is 372 g/mol. The maximum Gasteiger partial charge on any atom is 0.225 e. The number of nitrogens with one attached hydrogen (secondary N) is 2. The fourth-order valence-corrected chi connectivity index (χ4v) is 5.56. The molecule has 0 aromatic carbocycles. The summed E-state index contributed by atoms with van der Waals surface area (Å²) in [6, 6.07) is 0.578. The predicted molar refractivity (Wildman–Crippen MR) is 123 cm³/mol. The van der Waals surface area contributed by atoms with E-state index in [1.807, 2.05) is 39.6 Å². The Morgan fingerprint density at radius 2 is 1.93 bits per heavy atom. The van der Waals surface area contributed by atoms with Gasteiger partial charge in [-0.2, -0.15) is 5.10 Å². The van der Waals surface area contributed by atoms with Gasteiger partial charge >= 0.3 is 0 Å². The van der Waals surface area contributed by atoms with Crippen LogP contribution in [0.15, 0.2) is 12.2 Å². The van der Waals surface area contributed by atoms with E-state index in [1.165, 1.54) is 23.4 Å². The fraction of sp³-hybridized carbons (Fsp3) is 0.760. The first-order valence-corrected chi connectivity index (χ1v) is 11.9. The molecule has 0 radical (unpaired) electrons. The summed E-state index contributed by atoms with van der Waals surface area (Å²) < 4.78 is 0. The van der Waals surface area contributed by atoms with Crippen LogP contribution in [0.4, 0.5) is 0 Å². The maximum absolute atomic E-state index is 12.4. The zero-order valence-corrected chi connectivity index (χ0v) is 20.3. The van der Waals surface area contributed by atoms with E-state index in [-0.39, 0.29) is 23.4 Å². The number of nitrogens with zero attached hydrogens (tertiary/aromatic N) is 2. The highest BCUT2D eigenvalue weighted by Gasteiger charge is 2.47. The van der Waals surface area contributed by atoms with Crippen molar-refractivity contribution >= 4 is 5.91 Å². The fourth-order valence-electron chi connectivity index (χ4n) is 5.56. The molecule has 0 spiro atoms. The van der Waals surface area contributed by atoms with Crippen LogP contribution in [0.1, 0.15) is 84.7 Å². The highest BCUT2D eigenvalue weighted by atomic mass is 16.2. The Kier molecular flexibility index (Phi) is 6.52. The van der Waals surface area contributed by atoms with Crippen molar-refractivity contribution < 1.29 is 4.79 Å². The average molecular weight is 415 g/mol. The minimum Gasteiger partial charge on any atom is -0.339 e. The Balaban J connectivity index is 0.00000124. The van der Waals surface area contributed by atoms with Gasteiger partial charge < -0.3 is 10.2 Å². The molecule has 5 heteroatoms. The summed E-state index contributed by atoms with van der Waals surface area (Å²) in [5, 5.41) is 12.1. The molecule has 1 aromatic heterocycles. The van der Waals surface area contributed by atoms with Crippen molar-refractivity contribution in [2.45, 2.75) is 98.2 Å². The molecule has 1 fully saturated rings. The molecule has 1 saturated heterocycles. The number of hydrogen-bond donors (Lipinski definition) is 2. The molecule has 1 amide bonds. The third-order valence-corrected chi connectivity index (χ3v) is 7.26.